The molecule has 0 radical (unpaired) electrons. The van der Waals surface area contributed by atoms with E-state index in [0.29, 0.717) is 37.7 Å². The lowest BCUT2D eigenvalue weighted by Crippen LogP contribution is -2.42. The van der Waals surface area contributed by atoms with Crippen LogP contribution in [0, 0.1) is 6.92 Å². The van der Waals surface area contributed by atoms with E-state index in [4.69, 9.17) is 0 Å². The number of H-pyrrole nitrogens is 1. The first kappa shape index (κ1) is 20.5. The van der Waals surface area contributed by atoms with Crippen LogP contribution >= 0.6 is 0 Å². The molecule has 5 rings (SSSR count). The van der Waals surface area contributed by atoms with E-state index in [2.05, 4.69) is 35.8 Å². The van der Waals surface area contributed by atoms with Crippen molar-refractivity contribution in [3.05, 3.63) is 42.4 Å². The molecule has 1 aliphatic rings. The number of benzene rings is 1. The fourth-order valence-electron chi connectivity index (χ4n) is 4.00. The minimum atomic E-state index is -3.15. The molecule has 166 valence electrons. The van der Waals surface area contributed by atoms with Gasteiger partial charge in [0, 0.05) is 48.2 Å². The van der Waals surface area contributed by atoms with E-state index in [0.717, 1.165) is 27.9 Å². The van der Waals surface area contributed by atoms with Gasteiger partial charge < -0.3 is 5.32 Å². The van der Waals surface area contributed by atoms with E-state index in [9.17, 15) is 8.42 Å². The summed E-state index contributed by atoms with van der Waals surface area (Å²) in [6.45, 7) is 2.94. The van der Waals surface area contributed by atoms with E-state index < -0.39 is 10.0 Å². The smallest absolute Gasteiger partial charge is 0.224 e. The maximum Gasteiger partial charge on any atom is 0.224 e. The molecule has 1 aliphatic heterocycles. The number of hydrogen-bond acceptors (Lipinski definition) is 8. The summed E-state index contributed by atoms with van der Waals surface area (Å²) in [5.74, 6) is 1.07. The quantitative estimate of drug-likeness (QED) is 0.467. The van der Waals surface area contributed by atoms with Crippen molar-refractivity contribution in [2.75, 3.05) is 24.7 Å². The highest BCUT2D eigenvalue weighted by Crippen LogP contribution is 2.29. The van der Waals surface area contributed by atoms with Crippen LogP contribution in [-0.2, 0) is 10.0 Å². The highest BCUT2D eigenvalue weighted by molar-refractivity contribution is 7.88. The maximum absolute atomic E-state index is 11.7. The van der Waals surface area contributed by atoms with Crippen molar-refractivity contribution < 1.29 is 8.42 Å². The van der Waals surface area contributed by atoms with E-state index >= 15 is 0 Å². The summed E-state index contributed by atoms with van der Waals surface area (Å²) >= 11 is 0. The number of hydrogen-bond donors (Lipinski definition) is 2. The normalized spacial score (nSPS) is 15.9. The van der Waals surface area contributed by atoms with Crippen molar-refractivity contribution in [3.8, 4) is 16.9 Å². The largest absolute Gasteiger partial charge is 0.351 e. The Balaban J connectivity index is 1.40. The number of aryl methyl sites for hydroxylation is 1. The monoisotopic (exact) mass is 453 g/mol. The van der Waals surface area contributed by atoms with Gasteiger partial charge >= 0.3 is 0 Å². The predicted octanol–water partition coefficient (Wildman–Crippen LogP) is 1.74. The number of aromatic amines is 1. The summed E-state index contributed by atoms with van der Waals surface area (Å²) in [7, 11) is -3.15. The standard InChI is InChI=1S/C20H23N9O2S/c1-13-16(12-22-25-13)15-4-3-5-17-19(15)26-27-29(17)18-6-9-21-20(24-18)23-14-7-10-28(11-8-14)32(2,30)31/h3-6,9,12,14H,7-8,10-11H2,1-2H3,(H,22,25)(H,21,23,24). The van der Waals surface area contributed by atoms with Crippen molar-refractivity contribution in [3.63, 3.8) is 0 Å². The van der Waals surface area contributed by atoms with Crippen LogP contribution in [0.5, 0.6) is 0 Å². The molecule has 4 heterocycles. The van der Waals surface area contributed by atoms with Gasteiger partial charge in [0.2, 0.25) is 16.0 Å². The minimum absolute atomic E-state index is 0.103. The molecule has 32 heavy (non-hydrogen) atoms. The zero-order valence-corrected chi connectivity index (χ0v) is 18.5. The maximum atomic E-state index is 11.7. The minimum Gasteiger partial charge on any atom is -0.351 e. The number of aromatic nitrogens is 7. The lowest BCUT2D eigenvalue weighted by Gasteiger charge is -2.30. The Morgan fingerprint density at radius 2 is 1.97 bits per heavy atom. The van der Waals surface area contributed by atoms with E-state index in [1.165, 1.54) is 10.6 Å². The lowest BCUT2D eigenvalue weighted by atomic mass is 10.1. The number of nitrogens with one attached hydrogen (secondary N) is 2. The molecule has 0 unspecified atom stereocenters. The first-order valence-electron chi connectivity index (χ1n) is 10.3. The molecule has 4 aromatic rings. The van der Waals surface area contributed by atoms with Gasteiger partial charge in [-0.2, -0.15) is 14.8 Å². The molecule has 2 N–H and O–H groups in total. The van der Waals surface area contributed by atoms with Crippen molar-refractivity contribution in [1.29, 1.82) is 0 Å². The SMILES string of the molecule is Cc1[nH]ncc1-c1cccc2c1nnn2-c1ccnc(NC2CCN(S(C)(=O)=O)CC2)n1. The van der Waals surface area contributed by atoms with Gasteiger partial charge in [-0.3, -0.25) is 5.10 Å². The van der Waals surface area contributed by atoms with Crippen molar-refractivity contribution in [1.82, 2.24) is 39.5 Å². The van der Waals surface area contributed by atoms with Gasteiger partial charge in [-0.25, -0.2) is 17.7 Å². The summed E-state index contributed by atoms with van der Waals surface area (Å²) in [6.07, 6.45) is 6.09. The number of anilines is 1. The summed E-state index contributed by atoms with van der Waals surface area (Å²) in [5, 5.41) is 19.1. The Morgan fingerprint density at radius 1 is 1.16 bits per heavy atom. The molecule has 0 bridgehead atoms. The van der Waals surface area contributed by atoms with Crippen LogP contribution in [0.4, 0.5) is 5.95 Å². The van der Waals surface area contributed by atoms with Crippen molar-refractivity contribution in [2.45, 2.75) is 25.8 Å². The van der Waals surface area contributed by atoms with Crippen LogP contribution in [0.2, 0.25) is 0 Å². The van der Waals surface area contributed by atoms with Crippen LogP contribution in [-0.4, -0.2) is 73.3 Å². The van der Waals surface area contributed by atoms with Crippen LogP contribution in [0.25, 0.3) is 28.0 Å². The van der Waals surface area contributed by atoms with Gasteiger partial charge in [-0.1, -0.05) is 17.3 Å². The number of piperidine rings is 1. The number of rotatable bonds is 5. The van der Waals surface area contributed by atoms with Gasteiger partial charge in [0.15, 0.2) is 5.82 Å². The molecule has 0 amide bonds. The first-order chi connectivity index (χ1) is 15.4. The lowest BCUT2D eigenvalue weighted by molar-refractivity contribution is 0.331. The molecule has 12 heteroatoms. The van der Waals surface area contributed by atoms with Crippen LogP contribution in [0.15, 0.2) is 36.7 Å². The Kier molecular flexibility index (Phi) is 5.10. The Labute approximate surface area is 184 Å². The highest BCUT2D eigenvalue weighted by Gasteiger charge is 2.25. The van der Waals surface area contributed by atoms with Gasteiger partial charge in [0.25, 0.3) is 0 Å². The van der Waals surface area contributed by atoms with Crippen LogP contribution in [0.1, 0.15) is 18.5 Å². The molecule has 0 aliphatic carbocycles. The summed E-state index contributed by atoms with van der Waals surface area (Å²) in [6, 6.07) is 7.78. The highest BCUT2D eigenvalue weighted by atomic mass is 32.2. The zero-order valence-electron chi connectivity index (χ0n) is 17.7. The topological polar surface area (TPSA) is 135 Å². The van der Waals surface area contributed by atoms with Gasteiger partial charge in [-0.05, 0) is 25.8 Å². The number of nitrogens with zero attached hydrogens (tertiary/aromatic N) is 7. The first-order valence-corrected chi connectivity index (χ1v) is 12.1. The Morgan fingerprint density at radius 3 is 2.69 bits per heavy atom. The molecule has 11 nitrogen and oxygen atoms in total. The second-order valence-electron chi connectivity index (χ2n) is 7.90. The van der Waals surface area contributed by atoms with E-state index in [-0.39, 0.29) is 6.04 Å². The Hall–Kier alpha value is -3.38. The molecular weight excluding hydrogens is 430 g/mol. The predicted molar refractivity (Wildman–Crippen MR) is 120 cm³/mol. The molecule has 1 saturated heterocycles. The third-order valence-electron chi connectivity index (χ3n) is 5.71. The Bertz CT molecular complexity index is 1370. The van der Waals surface area contributed by atoms with Crippen LogP contribution < -0.4 is 5.32 Å². The number of sulfonamides is 1. The molecule has 0 spiro atoms. The fraction of sp³-hybridized carbons (Fsp3) is 0.350. The van der Waals surface area contributed by atoms with Gasteiger partial charge in [0.05, 0.1) is 18.0 Å². The van der Waals surface area contributed by atoms with E-state index in [1.807, 2.05) is 25.1 Å². The third-order valence-corrected chi connectivity index (χ3v) is 7.01. The average molecular weight is 454 g/mol. The third kappa shape index (κ3) is 3.82. The molecule has 1 aromatic carbocycles. The van der Waals surface area contributed by atoms with E-state index in [1.54, 1.807) is 23.1 Å². The van der Waals surface area contributed by atoms with Gasteiger partial charge in [-0.15, -0.1) is 5.10 Å². The molecule has 0 atom stereocenters. The fourth-order valence-corrected chi connectivity index (χ4v) is 4.88. The van der Waals surface area contributed by atoms with Crippen molar-refractivity contribution in [2.24, 2.45) is 0 Å². The van der Waals surface area contributed by atoms with Gasteiger partial charge in [0.1, 0.15) is 5.52 Å². The second-order valence-corrected chi connectivity index (χ2v) is 9.88. The molecule has 3 aromatic heterocycles. The summed E-state index contributed by atoms with van der Waals surface area (Å²) in [4.78, 5) is 8.96. The zero-order chi connectivity index (χ0) is 22.3. The van der Waals surface area contributed by atoms with Crippen molar-refractivity contribution >= 4 is 27.0 Å². The molecule has 1 fully saturated rings. The summed E-state index contributed by atoms with van der Waals surface area (Å²) in [5.41, 5.74) is 4.48. The number of fused-ring (bicyclic) bond motifs is 1. The van der Waals surface area contributed by atoms with Crippen LogP contribution in [0.3, 0.4) is 0 Å². The molecular formula is C20H23N9O2S. The molecule has 0 saturated carbocycles. The summed E-state index contributed by atoms with van der Waals surface area (Å²) < 4.78 is 26.6. The second kappa shape index (κ2) is 7.95. The average Bonchev–Trinajstić information content (AvgIpc) is 3.40.